The highest BCUT2D eigenvalue weighted by Crippen LogP contribution is 2.39. The highest BCUT2D eigenvalue weighted by Gasteiger charge is 2.36. The third-order valence-corrected chi connectivity index (χ3v) is 8.74. The van der Waals surface area contributed by atoms with Gasteiger partial charge in [0.15, 0.2) is 0 Å². The lowest BCUT2D eigenvalue weighted by atomic mass is 9.88. The number of aromatic amines is 2. The second-order valence-electron chi connectivity index (χ2n) is 10.9. The first-order chi connectivity index (χ1) is 16.8. The van der Waals surface area contributed by atoms with Crippen molar-refractivity contribution in [3.63, 3.8) is 0 Å². The van der Waals surface area contributed by atoms with Crippen LogP contribution in [0.15, 0.2) is 48.5 Å². The third-order valence-electron chi connectivity index (χ3n) is 8.74. The van der Waals surface area contributed by atoms with Crippen molar-refractivity contribution >= 4 is 21.8 Å². The van der Waals surface area contributed by atoms with Crippen LogP contribution in [0.5, 0.6) is 0 Å². The number of para-hydroxylation sites is 2. The van der Waals surface area contributed by atoms with Gasteiger partial charge in [0.2, 0.25) is 0 Å². The number of nitrogens with one attached hydrogen (secondary N) is 4. The smallest absolute Gasteiger partial charge is 0.0923 e. The van der Waals surface area contributed by atoms with Crippen LogP contribution in [0.3, 0.4) is 0 Å². The molecule has 0 spiro atoms. The summed E-state index contributed by atoms with van der Waals surface area (Å²) in [6.45, 7) is 0. The molecule has 4 fully saturated rings. The molecular weight excluding hydrogens is 436 g/mol. The normalized spacial score (nSPS) is 31.2. The molecular formula is C28H36N6O. The molecule has 35 heavy (non-hydrogen) atoms. The highest BCUT2D eigenvalue weighted by atomic mass is 16.0. The average molecular weight is 473 g/mol. The van der Waals surface area contributed by atoms with Crippen molar-refractivity contribution < 1.29 is 5.48 Å². The summed E-state index contributed by atoms with van der Waals surface area (Å²) in [4.78, 5) is 0. The molecule has 4 saturated heterocycles. The molecule has 4 bridgehead atoms. The number of rotatable bonds is 2. The van der Waals surface area contributed by atoms with Crippen LogP contribution in [0.4, 0.5) is 0 Å². The molecule has 184 valence electrons. The van der Waals surface area contributed by atoms with Gasteiger partial charge in [-0.3, -0.25) is 10.2 Å². The molecule has 4 atom stereocenters. The lowest BCUT2D eigenvalue weighted by Crippen LogP contribution is -2.37. The van der Waals surface area contributed by atoms with Gasteiger partial charge in [-0.05, 0) is 63.5 Å². The number of aromatic nitrogens is 4. The van der Waals surface area contributed by atoms with E-state index in [9.17, 15) is 0 Å². The SMILES string of the molecule is O.c1ccc2c(C3CC4CCC(C3)N4)[nH]nc2c1.c1ccc2c(C3CC4CCC(C3)N4)[nH]nc2c1. The van der Waals surface area contributed by atoms with Crippen molar-refractivity contribution in [1.82, 2.24) is 31.0 Å². The van der Waals surface area contributed by atoms with Crippen LogP contribution in [0.1, 0.15) is 74.6 Å². The number of benzene rings is 2. The summed E-state index contributed by atoms with van der Waals surface area (Å²) in [5.41, 5.74) is 4.93. The van der Waals surface area contributed by atoms with Crippen molar-refractivity contribution in [2.75, 3.05) is 0 Å². The van der Waals surface area contributed by atoms with E-state index in [2.05, 4.69) is 79.6 Å². The van der Waals surface area contributed by atoms with Crippen molar-refractivity contribution in [2.24, 2.45) is 0 Å². The molecule has 0 saturated carbocycles. The van der Waals surface area contributed by atoms with Crippen LogP contribution in [-0.2, 0) is 0 Å². The first-order valence-electron chi connectivity index (χ1n) is 13.2. The molecule has 0 radical (unpaired) electrons. The fourth-order valence-electron chi connectivity index (χ4n) is 7.17. The fourth-order valence-corrected chi connectivity index (χ4v) is 7.17. The standard InChI is InChI=1S/2C14H17N3.H2O/c2*1-2-4-13-12(3-1)14(17-16-13)9-7-10-5-6-11(8-9)15-10;/h2*1-4,9-11,15H,5-8H2,(H,16,17);1H2. The quantitative estimate of drug-likeness (QED) is 0.348. The molecule has 6 N–H and O–H groups in total. The lowest BCUT2D eigenvalue weighted by molar-refractivity contribution is 0.360. The molecule has 8 rings (SSSR count). The zero-order chi connectivity index (χ0) is 22.5. The zero-order valence-corrected chi connectivity index (χ0v) is 20.1. The molecule has 2 aromatic carbocycles. The number of hydrogen-bond acceptors (Lipinski definition) is 4. The van der Waals surface area contributed by atoms with E-state index in [0.29, 0.717) is 11.8 Å². The van der Waals surface area contributed by atoms with Crippen molar-refractivity contribution in [1.29, 1.82) is 0 Å². The molecule has 4 aliphatic rings. The molecule has 0 amide bonds. The van der Waals surface area contributed by atoms with Crippen molar-refractivity contribution in [3.05, 3.63) is 59.9 Å². The molecule has 4 aliphatic heterocycles. The second kappa shape index (κ2) is 9.37. The van der Waals surface area contributed by atoms with Crippen LogP contribution < -0.4 is 10.6 Å². The Morgan fingerprint density at radius 3 is 1.31 bits per heavy atom. The number of H-pyrrole nitrogens is 2. The van der Waals surface area contributed by atoms with Gasteiger partial charge in [0.05, 0.1) is 11.0 Å². The van der Waals surface area contributed by atoms with Gasteiger partial charge in [0.1, 0.15) is 0 Å². The first kappa shape index (κ1) is 22.7. The molecule has 4 aromatic rings. The summed E-state index contributed by atoms with van der Waals surface area (Å²) in [5.74, 6) is 1.34. The Balaban J connectivity index is 0.000000127. The van der Waals surface area contributed by atoms with E-state index in [1.807, 2.05) is 0 Å². The molecule has 7 nitrogen and oxygen atoms in total. The molecule has 0 aliphatic carbocycles. The predicted octanol–water partition coefficient (Wildman–Crippen LogP) is 4.30. The molecule has 6 heterocycles. The minimum Gasteiger partial charge on any atom is -0.412 e. The van der Waals surface area contributed by atoms with Gasteiger partial charge in [-0.25, -0.2) is 0 Å². The topological polar surface area (TPSA) is 113 Å². The average Bonchev–Trinajstić information content (AvgIpc) is 3.65. The van der Waals surface area contributed by atoms with Gasteiger partial charge in [0.25, 0.3) is 0 Å². The van der Waals surface area contributed by atoms with Crippen LogP contribution in [0.25, 0.3) is 21.8 Å². The lowest BCUT2D eigenvalue weighted by Gasteiger charge is -2.28. The Labute approximate surface area is 205 Å². The second-order valence-corrected chi connectivity index (χ2v) is 10.9. The maximum Gasteiger partial charge on any atom is 0.0923 e. The van der Waals surface area contributed by atoms with E-state index in [0.717, 1.165) is 35.2 Å². The van der Waals surface area contributed by atoms with Gasteiger partial charge in [-0.1, -0.05) is 36.4 Å². The van der Waals surface area contributed by atoms with Gasteiger partial charge < -0.3 is 16.1 Å². The Hall–Kier alpha value is -2.74. The van der Waals surface area contributed by atoms with E-state index < -0.39 is 0 Å². The maximum absolute atomic E-state index is 4.42. The molecule has 7 heteroatoms. The minimum absolute atomic E-state index is 0. The predicted molar refractivity (Wildman–Crippen MR) is 140 cm³/mol. The summed E-state index contributed by atoms with van der Waals surface area (Å²) in [5, 5.41) is 25.4. The summed E-state index contributed by atoms with van der Waals surface area (Å²) >= 11 is 0. The van der Waals surface area contributed by atoms with Gasteiger partial charge in [-0.15, -0.1) is 0 Å². The van der Waals surface area contributed by atoms with E-state index >= 15 is 0 Å². The minimum atomic E-state index is 0. The van der Waals surface area contributed by atoms with Gasteiger partial charge in [-0.2, -0.15) is 10.2 Å². The summed E-state index contributed by atoms with van der Waals surface area (Å²) in [7, 11) is 0. The largest absolute Gasteiger partial charge is 0.412 e. The van der Waals surface area contributed by atoms with E-state index in [-0.39, 0.29) is 5.48 Å². The van der Waals surface area contributed by atoms with Crippen molar-refractivity contribution in [3.8, 4) is 0 Å². The molecule has 4 unspecified atom stereocenters. The van der Waals surface area contributed by atoms with Crippen LogP contribution in [0, 0.1) is 0 Å². The Morgan fingerprint density at radius 1 is 0.543 bits per heavy atom. The monoisotopic (exact) mass is 472 g/mol. The van der Waals surface area contributed by atoms with E-state index in [1.165, 1.54) is 73.5 Å². The summed E-state index contributed by atoms with van der Waals surface area (Å²) in [6.07, 6.45) is 10.5. The first-order valence-corrected chi connectivity index (χ1v) is 13.2. The van der Waals surface area contributed by atoms with Crippen LogP contribution in [-0.4, -0.2) is 50.0 Å². The number of nitrogens with zero attached hydrogens (tertiary/aromatic N) is 2. The molecule has 2 aromatic heterocycles. The van der Waals surface area contributed by atoms with Crippen molar-refractivity contribution in [2.45, 2.75) is 87.4 Å². The number of fused-ring (bicyclic) bond motifs is 6. The third kappa shape index (κ3) is 4.26. The zero-order valence-electron chi connectivity index (χ0n) is 20.1. The Morgan fingerprint density at radius 2 is 0.914 bits per heavy atom. The Bertz CT molecular complexity index is 1170. The van der Waals surface area contributed by atoms with E-state index in [4.69, 9.17) is 0 Å². The summed E-state index contributed by atoms with van der Waals surface area (Å²) in [6, 6.07) is 19.8. The van der Waals surface area contributed by atoms with E-state index in [1.54, 1.807) is 0 Å². The summed E-state index contributed by atoms with van der Waals surface area (Å²) < 4.78 is 0. The maximum atomic E-state index is 4.42. The van der Waals surface area contributed by atoms with Gasteiger partial charge >= 0.3 is 0 Å². The number of hydrogen-bond donors (Lipinski definition) is 4. The fraction of sp³-hybridized carbons (Fsp3) is 0.500. The highest BCUT2D eigenvalue weighted by molar-refractivity contribution is 5.82. The van der Waals surface area contributed by atoms with Crippen LogP contribution >= 0.6 is 0 Å². The van der Waals surface area contributed by atoms with Gasteiger partial charge in [0, 0.05) is 58.2 Å². The van der Waals surface area contributed by atoms with Crippen LogP contribution in [0.2, 0.25) is 0 Å². The Kier molecular flexibility index (Phi) is 6.08. The number of piperidine rings is 2.